The molecule has 8 heteroatoms. The molecule has 1 fully saturated rings. The molecule has 3 rings (SSSR count). The Morgan fingerprint density at radius 2 is 2.30 bits per heavy atom. The lowest BCUT2D eigenvalue weighted by atomic mass is 9.94. The lowest BCUT2D eigenvalue weighted by Gasteiger charge is -2.35. The van der Waals surface area contributed by atoms with Gasteiger partial charge in [0.15, 0.2) is 0 Å². The second-order valence-electron chi connectivity index (χ2n) is 6.19. The molecule has 0 spiro atoms. The molecule has 1 aromatic heterocycles. The number of nitrogens with zero attached hydrogens (tertiary/aromatic N) is 4. The van der Waals surface area contributed by atoms with Crippen LogP contribution in [0.4, 0.5) is 0 Å². The summed E-state index contributed by atoms with van der Waals surface area (Å²) in [5.41, 5.74) is 0.856. The zero-order valence-electron chi connectivity index (χ0n) is 13.0. The summed E-state index contributed by atoms with van der Waals surface area (Å²) < 4.78 is 7.15. The van der Waals surface area contributed by atoms with E-state index in [0.717, 1.165) is 12.8 Å². The first-order chi connectivity index (χ1) is 10.9. The Labute approximate surface area is 139 Å². The van der Waals surface area contributed by atoms with Gasteiger partial charge in [-0.05, 0) is 55.3 Å². The van der Waals surface area contributed by atoms with E-state index in [1.807, 2.05) is 13.8 Å². The number of hydrogen-bond donors (Lipinski definition) is 1. The fourth-order valence-electron chi connectivity index (χ4n) is 2.73. The first-order valence-corrected chi connectivity index (χ1v) is 7.80. The van der Waals surface area contributed by atoms with E-state index in [1.54, 1.807) is 18.2 Å². The summed E-state index contributed by atoms with van der Waals surface area (Å²) >= 11 is 6.18. The number of benzene rings is 1. The standard InChI is InChI=1S/C15H18ClN5O2/c1-15(2)8-10(5-6-23-15)18-14(22)12-7-11(3-4-13(12)16)21-9-17-19-20-21/h3-4,7,9-10H,5-6,8H2,1-2H3,(H,18,22)/t10-/m1/s1. The van der Waals surface area contributed by atoms with E-state index in [2.05, 4.69) is 20.8 Å². The van der Waals surface area contributed by atoms with Gasteiger partial charge in [-0.3, -0.25) is 4.79 Å². The molecule has 0 radical (unpaired) electrons. The maximum atomic E-state index is 12.6. The van der Waals surface area contributed by atoms with E-state index in [-0.39, 0.29) is 17.6 Å². The van der Waals surface area contributed by atoms with Crippen LogP contribution in [-0.4, -0.2) is 44.4 Å². The predicted molar refractivity (Wildman–Crippen MR) is 84.7 cm³/mol. The van der Waals surface area contributed by atoms with Crippen molar-refractivity contribution >= 4 is 17.5 Å². The molecule has 0 saturated carbocycles. The summed E-state index contributed by atoms with van der Waals surface area (Å²) in [4.78, 5) is 12.6. The number of ether oxygens (including phenoxy) is 1. The predicted octanol–water partition coefficient (Wildman–Crippen LogP) is 2.00. The zero-order valence-corrected chi connectivity index (χ0v) is 13.7. The minimum Gasteiger partial charge on any atom is -0.375 e. The van der Waals surface area contributed by atoms with E-state index in [1.165, 1.54) is 11.0 Å². The number of rotatable bonds is 3. The first-order valence-electron chi connectivity index (χ1n) is 7.42. The van der Waals surface area contributed by atoms with Crippen molar-refractivity contribution in [2.75, 3.05) is 6.61 Å². The molecule has 7 nitrogen and oxygen atoms in total. The molecule has 23 heavy (non-hydrogen) atoms. The fourth-order valence-corrected chi connectivity index (χ4v) is 2.93. The fraction of sp³-hybridized carbons (Fsp3) is 0.467. The number of amides is 1. The monoisotopic (exact) mass is 335 g/mol. The van der Waals surface area contributed by atoms with E-state index < -0.39 is 0 Å². The normalized spacial score (nSPS) is 20.2. The molecule has 1 aliphatic heterocycles. The Kier molecular flexibility index (Phi) is 4.32. The molecule has 2 aromatic rings. The van der Waals surface area contributed by atoms with E-state index in [4.69, 9.17) is 16.3 Å². The first kappa shape index (κ1) is 15.9. The van der Waals surface area contributed by atoms with Crippen LogP contribution in [0.25, 0.3) is 5.69 Å². The number of carbonyl (C=O) groups excluding carboxylic acids is 1. The van der Waals surface area contributed by atoms with Crippen molar-refractivity contribution in [2.24, 2.45) is 0 Å². The van der Waals surface area contributed by atoms with Crippen LogP contribution in [0.15, 0.2) is 24.5 Å². The van der Waals surface area contributed by atoms with Gasteiger partial charge in [0, 0.05) is 12.6 Å². The van der Waals surface area contributed by atoms with Crippen molar-refractivity contribution in [3.63, 3.8) is 0 Å². The van der Waals surface area contributed by atoms with Crippen LogP contribution in [0.3, 0.4) is 0 Å². The molecule has 1 aliphatic rings. The number of nitrogens with one attached hydrogen (secondary N) is 1. The minimum atomic E-state index is -0.228. The van der Waals surface area contributed by atoms with Crippen molar-refractivity contribution in [1.29, 1.82) is 0 Å². The van der Waals surface area contributed by atoms with Gasteiger partial charge in [-0.15, -0.1) is 5.10 Å². The van der Waals surface area contributed by atoms with Gasteiger partial charge in [0.2, 0.25) is 0 Å². The van der Waals surface area contributed by atoms with Gasteiger partial charge < -0.3 is 10.1 Å². The van der Waals surface area contributed by atoms with Crippen LogP contribution >= 0.6 is 11.6 Å². The number of tetrazole rings is 1. The maximum Gasteiger partial charge on any atom is 0.253 e. The van der Waals surface area contributed by atoms with Crippen molar-refractivity contribution < 1.29 is 9.53 Å². The van der Waals surface area contributed by atoms with Crippen molar-refractivity contribution in [3.8, 4) is 5.69 Å². The third-order valence-corrected chi connectivity index (χ3v) is 4.17. The molecule has 1 atom stereocenters. The quantitative estimate of drug-likeness (QED) is 0.927. The summed E-state index contributed by atoms with van der Waals surface area (Å²) in [6, 6.07) is 5.17. The van der Waals surface area contributed by atoms with Crippen molar-refractivity contribution in [3.05, 3.63) is 35.1 Å². The highest BCUT2D eigenvalue weighted by molar-refractivity contribution is 6.33. The molecule has 1 aromatic carbocycles. The lowest BCUT2D eigenvalue weighted by Crippen LogP contribution is -2.45. The number of halogens is 1. The average Bonchev–Trinajstić information content (AvgIpc) is 3.00. The molecule has 0 bridgehead atoms. The third kappa shape index (κ3) is 3.68. The zero-order chi connectivity index (χ0) is 16.4. The third-order valence-electron chi connectivity index (χ3n) is 3.84. The molecule has 0 aliphatic carbocycles. The van der Waals surface area contributed by atoms with Gasteiger partial charge in [0.1, 0.15) is 6.33 Å². The van der Waals surface area contributed by atoms with Gasteiger partial charge >= 0.3 is 0 Å². The van der Waals surface area contributed by atoms with Crippen LogP contribution in [0, 0.1) is 0 Å². The minimum absolute atomic E-state index is 0.0685. The largest absolute Gasteiger partial charge is 0.375 e. The second-order valence-corrected chi connectivity index (χ2v) is 6.60. The van der Waals surface area contributed by atoms with Crippen molar-refractivity contribution in [2.45, 2.75) is 38.3 Å². The summed E-state index contributed by atoms with van der Waals surface area (Å²) in [6.45, 7) is 4.68. The topological polar surface area (TPSA) is 81.9 Å². The highest BCUT2D eigenvalue weighted by Gasteiger charge is 2.30. The van der Waals surface area contributed by atoms with Crippen LogP contribution in [0.2, 0.25) is 5.02 Å². The van der Waals surface area contributed by atoms with Gasteiger partial charge in [-0.2, -0.15) is 0 Å². The lowest BCUT2D eigenvalue weighted by molar-refractivity contribution is -0.0615. The molecule has 1 N–H and O–H groups in total. The second kappa shape index (κ2) is 6.25. The average molecular weight is 336 g/mol. The van der Waals surface area contributed by atoms with Crippen molar-refractivity contribution in [1.82, 2.24) is 25.5 Å². The number of hydrogen-bond acceptors (Lipinski definition) is 5. The Morgan fingerprint density at radius 3 is 3.00 bits per heavy atom. The molecular formula is C15H18ClN5O2. The van der Waals surface area contributed by atoms with Crippen LogP contribution < -0.4 is 5.32 Å². The van der Waals surface area contributed by atoms with E-state index in [9.17, 15) is 4.79 Å². The van der Waals surface area contributed by atoms with Gasteiger partial charge in [-0.1, -0.05) is 11.6 Å². The Hall–Kier alpha value is -1.99. The van der Waals surface area contributed by atoms with Crippen LogP contribution in [0.1, 0.15) is 37.0 Å². The Morgan fingerprint density at radius 1 is 1.48 bits per heavy atom. The highest BCUT2D eigenvalue weighted by atomic mass is 35.5. The van der Waals surface area contributed by atoms with Gasteiger partial charge in [-0.25, -0.2) is 4.68 Å². The highest BCUT2D eigenvalue weighted by Crippen LogP contribution is 2.25. The summed E-state index contributed by atoms with van der Waals surface area (Å²) in [5, 5.41) is 14.4. The summed E-state index contributed by atoms with van der Waals surface area (Å²) in [5.74, 6) is -0.201. The number of carbonyl (C=O) groups is 1. The summed E-state index contributed by atoms with van der Waals surface area (Å²) in [6.07, 6.45) is 3.02. The Balaban J connectivity index is 1.78. The van der Waals surface area contributed by atoms with Crippen LogP contribution in [-0.2, 0) is 4.74 Å². The Bertz CT molecular complexity index is 702. The summed E-state index contributed by atoms with van der Waals surface area (Å²) in [7, 11) is 0. The van der Waals surface area contributed by atoms with E-state index >= 15 is 0 Å². The molecule has 0 unspecified atom stereocenters. The molecule has 1 saturated heterocycles. The molecular weight excluding hydrogens is 318 g/mol. The van der Waals surface area contributed by atoms with Gasteiger partial charge in [0.05, 0.1) is 21.9 Å². The SMILES string of the molecule is CC1(C)C[C@H](NC(=O)c2cc(-n3cnnn3)ccc2Cl)CCO1. The molecule has 122 valence electrons. The van der Waals surface area contributed by atoms with Gasteiger partial charge in [0.25, 0.3) is 5.91 Å². The smallest absolute Gasteiger partial charge is 0.253 e. The number of aromatic nitrogens is 4. The van der Waals surface area contributed by atoms with E-state index in [0.29, 0.717) is 22.9 Å². The molecule has 2 heterocycles. The van der Waals surface area contributed by atoms with Crippen LogP contribution in [0.5, 0.6) is 0 Å². The molecule has 1 amide bonds. The maximum absolute atomic E-state index is 12.6.